The van der Waals surface area contributed by atoms with E-state index in [-0.39, 0.29) is 0 Å². The number of nitrogens with zero attached hydrogens (tertiary/aromatic N) is 1. The summed E-state index contributed by atoms with van der Waals surface area (Å²) in [6.07, 6.45) is 1.63. The predicted octanol–water partition coefficient (Wildman–Crippen LogP) is 2.32. The Morgan fingerprint density at radius 2 is 1.94 bits per heavy atom. The van der Waals surface area contributed by atoms with E-state index < -0.39 is 5.60 Å². The summed E-state index contributed by atoms with van der Waals surface area (Å²) in [6.45, 7) is 5.33. The second kappa shape index (κ2) is 4.79. The van der Waals surface area contributed by atoms with Crippen LogP contribution in [0.1, 0.15) is 25.8 Å². The number of likely N-dealkylation sites (tertiary alicyclic amines) is 1. The molecule has 2 heteroatoms. The van der Waals surface area contributed by atoms with Gasteiger partial charge in [0.2, 0.25) is 0 Å². The highest BCUT2D eigenvalue weighted by Gasteiger charge is 2.40. The lowest BCUT2D eigenvalue weighted by molar-refractivity contribution is -0.0778. The molecule has 1 heterocycles. The van der Waals surface area contributed by atoms with Crippen LogP contribution < -0.4 is 0 Å². The van der Waals surface area contributed by atoms with Gasteiger partial charge in [-0.1, -0.05) is 37.3 Å². The molecule has 0 aromatic heterocycles. The Bertz CT molecular complexity index is 364. The molecule has 3 atom stereocenters. The fourth-order valence-corrected chi connectivity index (χ4v) is 2.85. The molecule has 1 saturated heterocycles. The molecule has 0 unspecified atom stereocenters. The fourth-order valence-electron chi connectivity index (χ4n) is 2.85. The van der Waals surface area contributed by atoms with Crippen LogP contribution in [0.5, 0.6) is 0 Å². The van der Waals surface area contributed by atoms with Crippen molar-refractivity contribution in [2.75, 3.05) is 13.6 Å². The molecule has 2 rings (SSSR count). The van der Waals surface area contributed by atoms with Gasteiger partial charge in [0.15, 0.2) is 0 Å². The maximum Gasteiger partial charge on any atom is 0.0740 e. The second-order valence-electron chi connectivity index (χ2n) is 5.66. The molecule has 1 aromatic rings. The van der Waals surface area contributed by atoms with Crippen molar-refractivity contribution >= 4 is 0 Å². The topological polar surface area (TPSA) is 23.5 Å². The summed E-state index contributed by atoms with van der Waals surface area (Å²) >= 11 is 0. The van der Waals surface area contributed by atoms with E-state index in [1.165, 1.54) is 5.56 Å². The number of hydrogen-bond donors (Lipinski definition) is 1. The van der Waals surface area contributed by atoms with Crippen molar-refractivity contribution in [3.63, 3.8) is 0 Å². The van der Waals surface area contributed by atoms with Crippen LogP contribution in [0.4, 0.5) is 0 Å². The number of piperidine rings is 1. The van der Waals surface area contributed by atoms with Crippen molar-refractivity contribution in [2.45, 2.75) is 38.3 Å². The molecule has 94 valence electrons. The van der Waals surface area contributed by atoms with Crippen LogP contribution in [0, 0.1) is 5.92 Å². The Morgan fingerprint density at radius 3 is 2.59 bits per heavy atom. The highest BCUT2D eigenvalue weighted by Crippen LogP contribution is 2.33. The van der Waals surface area contributed by atoms with E-state index in [0.717, 1.165) is 19.4 Å². The molecule has 1 aliphatic heterocycles. The summed E-state index contributed by atoms with van der Waals surface area (Å²) in [7, 11) is 2.14. The van der Waals surface area contributed by atoms with Crippen LogP contribution in [0.3, 0.4) is 0 Å². The van der Waals surface area contributed by atoms with E-state index >= 15 is 0 Å². The maximum atomic E-state index is 10.9. The molecule has 0 amide bonds. The zero-order chi connectivity index (χ0) is 12.5. The minimum Gasteiger partial charge on any atom is -0.389 e. The minimum absolute atomic E-state index is 0.323. The third-order valence-corrected chi connectivity index (χ3v) is 4.23. The Labute approximate surface area is 104 Å². The lowest BCUT2D eigenvalue weighted by Crippen LogP contribution is -2.54. The second-order valence-corrected chi connectivity index (χ2v) is 5.66. The van der Waals surface area contributed by atoms with Gasteiger partial charge in [-0.05, 0) is 31.9 Å². The molecule has 1 aromatic carbocycles. The molecule has 0 spiro atoms. The first-order valence-corrected chi connectivity index (χ1v) is 6.48. The van der Waals surface area contributed by atoms with Crippen LogP contribution in [0.25, 0.3) is 0 Å². The Kier molecular flexibility index (Phi) is 3.55. The third-order valence-electron chi connectivity index (χ3n) is 4.23. The summed E-state index contributed by atoms with van der Waals surface area (Å²) in [5.74, 6) is 0.323. The molecular weight excluding hydrogens is 210 g/mol. The van der Waals surface area contributed by atoms with Gasteiger partial charge in [0.1, 0.15) is 0 Å². The van der Waals surface area contributed by atoms with Gasteiger partial charge in [-0.25, -0.2) is 0 Å². The molecule has 0 saturated carbocycles. The van der Waals surface area contributed by atoms with E-state index in [1.807, 2.05) is 18.2 Å². The lowest BCUT2D eigenvalue weighted by Gasteiger charge is -2.46. The molecule has 1 aliphatic rings. The zero-order valence-corrected chi connectivity index (χ0v) is 11.1. The lowest BCUT2D eigenvalue weighted by atomic mass is 9.75. The summed E-state index contributed by atoms with van der Waals surface area (Å²) < 4.78 is 0. The number of rotatable bonds is 2. The standard InChI is InChI=1S/C15H23NO/c1-12-11-16(3)13(2)9-15(12,17)10-14-7-5-4-6-8-14/h4-8,12-13,17H,9-11H2,1-3H3/t12-,13-,15-/m1/s1. The molecule has 0 aliphatic carbocycles. The third kappa shape index (κ3) is 2.70. The summed E-state index contributed by atoms with van der Waals surface area (Å²) in [5, 5.41) is 10.9. The van der Waals surface area contributed by atoms with Crippen LogP contribution in [0.15, 0.2) is 30.3 Å². The highest BCUT2D eigenvalue weighted by atomic mass is 16.3. The molecule has 2 nitrogen and oxygen atoms in total. The van der Waals surface area contributed by atoms with Crippen molar-refractivity contribution in [2.24, 2.45) is 5.92 Å². The van der Waals surface area contributed by atoms with Gasteiger partial charge in [0, 0.05) is 19.0 Å². The average Bonchev–Trinajstić information content (AvgIpc) is 2.28. The normalized spacial score (nSPS) is 34.8. The van der Waals surface area contributed by atoms with E-state index in [4.69, 9.17) is 0 Å². The van der Waals surface area contributed by atoms with Crippen molar-refractivity contribution in [3.05, 3.63) is 35.9 Å². The SMILES string of the molecule is C[C@@H]1C[C@@](O)(Cc2ccccc2)[C@H](C)CN1C. The molecule has 1 N–H and O–H groups in total. The molecular formula is C15H23NO. The van der Waals surface area contributed by atoms with E-state index in [9.17, 15) is 5.11 Å². The van der Waals surface area contributed by atoms with Gasteiger partial charge in [0.25, 0.3) is 0 Å². The van der Waals surface area contributed by atoms with Crippen molar-refractivity contribution in [1.82, 2.24) is 4.90 Å². The van der Waals surface area contributed by atoms with Gasteiger partial charge in [-0.2, -0.15) is 0 Å². The van der Waals surface area contributed by atoms with E-state index in [1.54, 1.807) is 0 Å². The number of benzene rings is 1. The maximum absolute atomic E-state index is 10.9. The van der Waals surface area contributed by atoms with Gasteiger partial charge in [-0.3, -0.25) is 0 Å². The number of aliphatic hydroxyl groups is 1. The average molecular weight is 233 g/mol. The van der Waals surface area contributed by atoms with E-state index in [0.29, 0.717) is 12.0 Å². The Hall–Kier alpha value is -0.860. The van der Waals surface area contributed by atoms with E-state index in [2.05, 4.69) is 37.9 Å². The summed E-state index contributed by atoms with van der Waals surface area (Å²) in [6, 6.07) is 10.8. The van der Waals surface area contributed by atoms with Crippen LogP contribution in [-0.4, -0.2) is 35.2 Å². The molecule has 0 radical (unpaired) electrons. The van der Waals surface area contributed by atoms with Gasteiger partial charge in [-0.15, -0.1) is 0 Å². The quantitative estimate of drug-likeness (QED) is 0.847. The van der Waals surface area contributed by atoms with Crippen molar-refractivity contribution < 1.29 is 5.11 Å². The first-order valence-electron chi connectivity index (χ1n) is 6.48. The van der Waals surface area contributed by atoms with Gasteiger partial charge >= 0.3 is 0 Å². The van der Waals surface area contributed by atoms with Crippen molar-refractivity contribution in [1.29, 1.82) is 0 Å². The van der Waals surface area contributed by atoms with Gasteiger partial charge < -0.3 is 10.0 Å². The minimum atomic E-state index is -0.548. The zero-order valence-electron chi connectivity index (χ0n) is 11.1. The molecule has 1 fully saturated rings. The first-order chi connectivity index (χ1) is 8.01. The Morgan fingerprint density at radius 1 is 1.29 bits per heavy atom. The predicted molar refractivity (Wildman–Crippen MR) is 71.0 cm³/mol. The van der Waals surface area contributed by atoms with Crippen LogP contribution >= 0.6 is 0 Å². The van der Waals surface area contributed by atoms with Crippen LogP contribution in [0.2, 0.25) is 0 Å². The highest BCUT2D eigenvalue weighted by molar-refractivity contribution is 5.18. The summed E-state index contributed by atoms with van der Waals surface area (Å²) in [4.78, 5) is 2.34. The van der Waals surface area contributed by atoms with Crippen LogP contribution in [-0.2, 0) is 6.42 Å². The molecule has 0 bridgehead atoms. The van der Waals surface area contributed by atoms with Crippen molar-refractivity contribution in [3.8, 4) is 0 Å². The van der Waals surface area contributed by atoms with Gasteiger partial charge in [0.05, 0.1) is 5.60 Å². The smallest absolute Gasteiger partial charge is 0.0740 e. The largest absolute Gasteiger partial charge is 0.389 e. The molecule has 17 heavy (non-hydrogen) atoms. The first kappa shape index (κ1) is 12.6. The monoisotopic (exact) mass is 233 g/mol. The fraction of sp³-hybridized carbons (Fsp3) is 0.600. The summed E-state index contributed by atoms with van der Waals surface area (Å²) in [5.41, 5.74) is 0.686. The number of hydrogen-bond acceptors (Lipinski definition) is 2. The Balaban J connectivity index is 2.13.